The molecule has 20 heavy (non-hydrogen) atoms. The Hall–Kier alpha value is -2.34. The Labute approximate surface area is 120 Å². The third-order valence-corrected chi connectivity index (χ3v) is 3.39. The molecule has 3 rings (SSSR count). The second-order valence-electron chi connectivity index (χ2n) is 4.47. The summed E-state index contributed by atoms with van der Waals surface area (Å²) in [7, 11) is 0. The van der Waals surface area contributed by atoms with E-state index in [-0.39, 0.29) is 0 Å². The number of anilines is 2. The molecule has 3 aromatic heterocycles. The minimum absolute atomic E-state index is 0.685. The predicted octanol–water partition coefficient (Wildman–Crippen LogP) is 3.16. The summed E-state index contributed by atoms with van der Waals surface area (Å²) in [5.41, 5.74) is 5.88. The van der Waals surface area contributed by atoms with Gasteiger partial charge in [0, 0.05) is 6.20 Å². The smallest absolute Gasteiger partial charge is 0.154 e. The first-order valence-electron chi connectivity index (χ1n) is 6.08. The highest BCUT2D eigenvalue weighted by Gasteiger charge is 2.06. The van der Waals surface area contributed by atoms with Crippen molar-refractivity contribution in [3.8, 4) is 10.6 Å². The minimum atomic E-state index is 0.685. The summed E-state index contributed by atoms with van der Waals surface area (Å²) >= 11 is 1.45. The van der Waals surface area contributed by atoms with Gasteiger partial charge in [-0.15, -0.1) is 16.4 Å². The van der Waals surface area contributed by atoms with Crippen molar-refractivity contribution in [3.05, 3.63) is 47.2 Å². The van der Waals surface area contributed by atoms with Crippen molar-refractivity contribution in [3.63, 3.8) is 0 Å². The van der Waals surface area contributed by atoms with Crippen molar-refractivity contribution in [1.29, 1.82) is 0 Å². The summed E-state index contributed by atoms with van der Waals surface area (Å²) < 4.78 is 0. The highest BCUT2D eigenvalue weighted by Crippen LogP contribution is 2.24. The van der Waals surface area contributed by atoms with E-state index >= 15 is 0 Å². The molecular formula is C14H12N5S. The maximum absolute atomic E-state index is 4.57. The Kier molecular flexibility index (Phi) is 3.39. The largest absolute Gasteiger partial charge is 0.323 e. The number of thiazole rings is 1. The van der Waals surface area contributed by atoms with Gasteiger partial charge in [0.1, 0.15) is 5.82 Å². The van der Waals surface area contributed by atoms with Gasteiger partial charge in [-0.05, 0) is 43.2 Å². The number of hydrogen-bond donors (Lipinski definition) is 1. The second kappa shape index (κ2) is 5.34. The van der Waals surface area contributed by atoms with Gasteiger partial charge >= 0.3 is 0 Å². The molecule has 5 nitrogen and oxygen atoms in total. The summed E-state index contributed by atoms with van der Waals surface area (Å²) in [4.78, 5) is 9.53. The normalized spacial score (nSPS) is 10.5. The SMILES string of the molecule is Cc1cnnc(Nc2cc(C)cc(-c3cn[c]s3)n2)c1. The molecule has 0 saturated carbocycles. The molecule has 0 fully saturated rings. The van der Waals surface area contributed by atoms with Gasteiger partial charge in [0.25, 0.3) is 0 Å². The number of aromatic nitrogens is 4. The molecule has 3 heterocycles. The topological polar surface area (TPSA) is 63.6 Å². The van der Waals surface area contributed by atoms with E-state index in [2.05, 4.69) is 31.0 Å². The van der Waals surface area contributed by atoms with E-state index in [4.69, 9.17) is 0 Å². The van der Waals surface area contributed by atoms with E-state index in [0.717, 1.165) is 27.5 Å². The van der Waals surface area contributed by atoms with Crippen LogP contribution in [0.1, 0.15) is 11.1 Å². The van der Waals surface area contributed by atoms with E-state index in [1.54, 1.807) is 12.4 Å². The Morgan fingerprint density at radius 2 is 1.90 bits per heavy atom. The summed E-state index contributed by atoms with van der Waals surface area (Å²) in [6.07, 6.45) is 3.48. The van der Waals surface area contributed by atoms with Crippen LogP contribution in [-0.4, -0.2) is 20.2 Å². The Morgan fingerprint density at radius 1 is 1.05 bits per heavy atom. The average molecular weight is 282 g/mol. The van der Waals surface area contributed by atoms with Gasteiger partial charge in [-0.2, -0.15) is 5.10 Å². The molecule has 0 aromatic carbocycles. The van der Waals surface area contributed by atoms with Crippen LogP contribution in [0, 0.1) is 19.4 Å². The van der Waals surface area contributed by atoms with Gasteiger partial charge in [-0.25, -0.2) is 9.97 Å². The summed E-state index contributed by atoms with van der Waals surface area (Å²) in [5, 5.41) is 11.1. The van der Waals surface area contributed by atoms with Gasteiger partial charge in [-0.1, -0.05) is 0 Å². The van der Waals surface area contributed by atoms with E-state index in [1.165, 1.54) is 11.3 Å². The molecule has 6 heteroatoms. The highest BCUT2D eigenvalue weighted by molar-refractivity contribution is 7.12. The highest BCUT2D eigenvalue weighted by atomic mass is 32.1. The monoisotopic (exact) mass is 282 g/mol. The lowest BCUT2D eigenvalue weighted by Crippen LogP contribution is -1.99. The Morgan fingerprint density at radius 3 is 2.65 bits per heavy atom. The fourth-order valence-corrected chi connectivity index (χ4v) is 2.34. The molecule has 0 aliphatic carbocycles. The number of hydrogen-bond acceptors (Lipinski definition) is 6. The van der Waals surface area contributed by atoms with Crippen molar-refractivity contribution in [2.45, 2.75) is 13.8 Å². The van der Waals surface area contributed by atoms with Crippen LogP contribution in [0.3, 0.4) is 0 Å². The quantitative estimate of drug-likeness (QED) is 0.799. The fraction of sp³-hybridized carbons (Fsp3) is 0.143. The number of nitrogens with one attached hydrogen (secondary N) is 1. The molecule has 0 aliphatic rings. The molecule has 0 bridgehead atoms. The van der Waals surface area contributed by atoms with Gasteiger partial charge < -0.3 is 5.32 Å². The van der Waals surface area contributed by atoms with Crippen molar-refractivity contribution in [2.75, 3.05) is 5.32 Å². The summed E-state index contributed by atoms with van der Waals surface area (Å²) in [5.74, 6) is 1.43. The molecule has 99 valence electrons. The van der Waals surface area contributed by atoms with Crippen LogP contribution < -0.4 is 5.32 Å². The van der Waals surface area contributed by atoms with Crippen molar-refractivity contribution >= 4 is 23.0 Å². The molecule has 0 spiro atoms. The van der Waals surface area contributed by atoms with Gasteiger partial charge in [0.2, 0.25) is 0 Å². The van der Waals surface area contributed by atoms with Crippen molar-refractivity contribution in [2.24, 2.45) is 0 Å². The number of rotatable bonds is 3. The van der Waals surface area contributed by atoms with Gasteiger partial charge in [-0.3, -0.25) is 0 Å². The van der Waals surface area contributed by atoms with E-state index in [1.807, 2.05) is 32.0 Å². The third-order valence-electron chi connectivity index (χ3n) is 2.66. The zero-order chi connectivity index (χ0) is 13.9. The zero-order valence-corrected chi connectivity index (χ0v) is 11.9. The molecule has 0 saturated heterocycles. The fourth-order valence-electron chi connectivity index (χ4n) is 1.82. The first-order valence-corrected chi connectivity index (χ1v) is 6.89. The molecule has 0 unspecified atom stereocenters. The summed E-state index contributed by atoms with van der Waals surface area (Å²) in [6.45, 7) is 4.01. The first-order chi connectivity index (χ1) is 9.70. The summed E-state index contributed by atoms with van der Waals surface area (Å²) in [6, 6.07) is 5.92. The lowest BCUT2D eigenvalue weighted by molar-refractivity contribution is 1.02. The Bertz CT molecular complexity index is 724. The van der Waals surface area contributed by atoms with Crippen LogP contribution in [0.4, 0.5) is 11.6 Å². The zero-order valence-electron chi connectivity index (χ0n) is 11.1. The molecule has 0 amide bonds. The van der Waals surface area contributed by atoms with Gasteiger partial charge in [0.05, 0.1) is 16.8 Å². The molecule has 3 aromatic rings. The van der Waals surface area contributed by atoms with Gasteiger partial charge in [0.15, 0.2) is 11.3 Å². The molecule has 0 atom stereocenters. The average Bonchev–Trinajstić information content (AvgIpc) is 2.91. The number of aryl methyl sites for hydroxylation is 2. The van der Waals surface area contributed by atoms with Crippen molar-refractivity contribution in [1.82, 2.24) is 20.2 Å². The third kappa shape index (κ3) is 2.80. The Balaban J connectivity index is 1.94. The van der Waals surface area contributed by atoms with E-state index in [9.17, 15) is 0 Å². The second-order valence-corrected chi connectivity index (χ2v) is 5.30. The van der Waals surface area contributed by atoms with Crippen LogP contribution in [0.25, 0.3) is 10.6 Å². The lowest BCUT2D eigenvalue weighted by atomic mass is 10.2. The maximum atomic E-state index is 4.57. The molecule has 0 aliphatic heterocycles. The molecule has 1 N–H and O–H groups in total. The molecular weight excluding hydrogens is 270 g/mol. The standard InChI is InChI=1S/C14H12N5S/c1-9-3-11(12-7-15-8-20-12)17-13(4-9)18-14-5-10(2)6-16-19-14/h3-7H,1-2H3,(H,17,18,19). The van der Waals surface area contributed by atoms with Crippen LogP contribution in [0.2, 0.25) is 0 Å². The number of pyridine rings is 1. The minimum Gasteiger partial charge on any atom is -0.323 e. The maximum Gasteiger partial charge on any atom is 0.154 e. The van der Waals surface area contributed by atoms with Crippen LogP contribution in [-0.2, 0) is 0 Å². The lowest BCUT2D eigenvalue weighted by Gasteiger charge is -2.07. The van der Waals surface area contributed by atoms with E-state index in [0.29, 0.717) is 5.82 Å². The predicted molar refractivity (Wildman–Crippen MR) is 79.0 cm³/mol. The van der Waals surface area contributed by atoms with Crippen LogP contribution in [0.15, 0.2) is 30.6 Å². The number of nitrogens with zero attached hydrogens (tertiary/aromatic N) is 4. The van der Waals surface area contributed by atoms with Crippen LogP contribution in [0.5, 0.6) is 0 Å². The molecule has 1 radical (unpaired) electrons. The van der Waals surface area contributed by atoms with Crippen LogP contribution >= 0.6 is 11.3 Å². The van der Waals surface area contributed by atoms with Crippen molar-refractivity contribution < 1.29 is 0 Å². The van der Waals surface area contributed by atoms with E-state index < -0.39 is 0 Å². The first kappa shape index (κ1) is 12.7.